The van der Waals surface area contributed by atoms with Crippen molar-refractivity contribution in [1.29, 1.82) is 0 Å². The highest BCUT2D eigenvalue weighted by molar-refractivity contribution is 5.48. The van der Waals surface area contributed by atoms with E-state index in [0.29, 0.717) is 0 Å². The van der Waals surface area contributed by atoms with Gasteiger partial charge in [-0.05, 0) is 0 Å². The summed E-state index contributed by atoms with van der Waals surface area (Å²) in [6.45, 7) is 4.88. The third-order valence-corrected chi connectivity index (χ3v) is 2.13. The summed E-state index contributed by atoms with van der Waals surface area (Å²) in [5, 5.41) is 0. The van der Waals surface area contributed by atoms with Gasteiger partial charge in [-0.3, -0.25) is 15.0 Å². The number of hydrogen-bond acceptors (Lipinski definition) is 6. The molecule has 0 saturated heterocycles. The van der Waals surface area contributed by atoms with Crippen LogP contribution in [0, 0.1) is 0 Å². The summed E-state index contributed by atoms with van der Waals surface area (Å²) in [4.78, 5) is 11.2. The summed E-state index contributed by atoms with van der Waals surface area (Å²) in [7, 11) is 0. The predicted octanol–water partition coefficient (Wildman–Crippen LogP) is 1.82. The number of ether oxygens (including phenoxy) is 3. The van der Waals surface area contributed by atoms with Crippen molar-refractivity contribution in [2.24, 2.45) is 15.0 Å². The molecule has 0 amide bonds. The number of nitrogens with zero attached hydrogens (tertiary/aromatic N) is 3. The van der Waals surface area contributed by atoms with E-state index >= 15 is 0 Å². The van der Waals surface area contributed by atoms with Crippen LogP contribution < -0.4 is 0 Å². The molecule has 114 valence electrons. The van der Waals surface area contributed by atoms with E-state index in [2.05, 4.69) is 29.2 Å². The smallest absolute Gasteiger partial charge is 0.169 e. The first-order chi connectivity index (χ1) is 10.5. The van der Waals surface area contributed by atoms with Crippen LogP contribution in [0.2, 0.25) is 0 Å². The van der Waals surface area contributed by atoms with Crippen molar-refractivity contribution in [2.45, 2.75) is 0 Å². The van der Waals surface area contributed by atoms with Crippen LogP contribution in [-0.4, -0.2) is 58.7 Å². The Balaban J connectivity index is 0.000000140. The van der Waals surface area contributed by atoms with Gasteiger partial charge in [0.1, 0.15) is 19.8 Å². The average molecular weight is 291 g/mol. The van der Waals surface area contributed by atoms with E-state index < -0.39 is 0 Å². The molecule has 0 N–H and O–H groups in total. The molecule has 4 rings (SSSR count). The lowest BCUT2D eigenvalue weighted by Gasteiger charge is -1.76. The van der Waals surface area contributed by atoms with Crippen LogP contribution >= 0.6 is 0 Å². The van der Waals surface area contributed by atoms with Gasteiger partial charge in [-0.25, -0.2) is 0 Å². The molecule has 3 heterocycles. The Morgan fingerprint density at radius 2 is 0.762 bits per heavy atom. The Hall–Kier alpha value is -2.37. The van der Waals surface area contributed by atoms with Crippen LogP contribution in [0.1, 0.15) is 0 Å². The molecule has 0 radical (unpaired) electrons. The number of rotatable bonds is 0. The fourth-order valence-electron chi connectivity index (χ4n) is 1.18. The summed E-state index contributed by atoms with van der Waals surface area (Å²) in [5.41, 5.74) is 0. The van der Waals surface area contributed by atoms with Crippen molar-refractivity contribution in [1.82, 2.24) is 0 Å². The lowest BCUT2D eigenvalue weighted by atomic mass is 10.4. The molecule has 0 bridgehead atoms. The number of aliphatic imine (C=N–C) groups is 3. The average Bonchev–Trinajstić information content (AvgIpc) is 3.38. The predicted molar refractivity (Wildman–Crippen MR) is 84.4 cm³/mol. The maximum atomic E-state index is 4.65. The van der Waals surface area contributed by atoms with E-state index in [1.165, 1.54) is 19.2 Å². The molecule has 0 aliphatic carbocycles. The highest BCUT2D eigenvalue weighted by atomic mass is 16.5. The van der Waals surface area contributed by atoms with Crippen molar-refractivity contribution < 1.29 is 14.2 Å². The Bertz CT molecular complexity index is 325. The zero-order valence-corrected chi connectivity index (χ0v) is 12.0. The minimum Gasteiger partial charge on any atom is -0.482 e. The van der Waals surface area contributed by atoms with E-state index in [1.54, 1.807) is 0 Å². The van der Waals surface area contributed by atoms with Gasteiger partial charge in [0.15, 0.2) is 19.2 Å². The van der Waals surface area contributed by atoms with Crippen LogP contribution in [0.3, 0.4) is 0 Å². The Morgan fingerprint density at radius 1 is 0.476 bits per heavy atom. The minimum absolute atomic E-state index is 0.778. The first kappa shape index (κ1) is 16.7. The van der Waals surface area contributed by atoms with Crippen molar-refractivity contribution in [3.63, 3.8) is 0 Å². The van der Waals surface area contributed by atoms with Gasteiger partial charge in [-0.1, -0.05) is 36.4 Å². The molecule has 6 heteroatoms. The zero-order valence-electron chi connectivity index (χ0n) is 12.0. The van der Waals surface area contributed by atoms with Crippen LogP contribution in [0.15, 0.2) is 51.4 Å². The molecule has 21 heavy (non-hydrogen) atoms. The van der Waals surface area contributed by atoms with E-state index in [1.807, 2.05) is 36.4 Å². The second-order valence-corrected chi connectivity index (χ2v) is 3.80. The molecular formula is C15H21N3O3. The van der Waals surface area contributed by atoms with E-state index in [9.17, 15) is 0 Å². The first-order valence-corrected chi connectivity index (χ1v) is 6.80. The maximum absolute atomic E-state index is 4.65. The van der Waals surface area contributed by atoms with Gasteiger partial charge in [0.2, 0.25) is 0 Å². The molecule has 1 aromatic rings. The van der Waals surface area contributed by atoms with Gasteiger partial charge in [-0.15, -0.1) is 0 Å². The second-order valence-electron chi connectivity index (χ2n) is 3.80. The first-order valence-electron chi connectivity index (χ1n) is 6.80. The van der Waals surface area contributed by atoms with E-state index in [0.717, 1.165) is 39.5 Å². The largest absolute Gasteiger partial charge is 0.482 e. The van der Waals surface area contributed by atoms with Gasteiger partial charge in [-0.2, -0.15) is 0 Å². The molecule has 0 spiro atoms. The van der Waals surface area contributed by atoms with Crippen molar-refractivity contribution in [3.05, 3.63) is 36.4 Å². The van der Waals surface area contributed by atoms with Gasteiger partial charge >= 0.3 is 0 Å². The second kappa shape index (κ2) is 14.0. The molecule has 0 saturated carbocycles. The highest BCUT2D eigenvalue weighted by Gasteiger charge is 1.85. The van der Waals surface area contributed by atoms with Crippen molar-refractivity contribution >= 4 is 19.2 Å². The highest BCUT2D eigenvalue weighted by Crippen LogP contribution is 1.80. The van der Waals surface area contributed by atoms with Crippen molar-refractivity contribution in [3.8, 4) is 0 Å². The topological polar surface area (TPSA) is 64.8 Å². The lowest BCUT2D eigenvalue weighted by molar-refractivity contribution is 0.361. The lowest BCUT2D eigenvalue weighted by Crippen LogP contribution is -1.80. The quantitative estimate of drug-likeness (QED) is 0.732. The SMILES string of the molecule is C1=NCCO1.C1=NCCO1.C1=NCCO1.c1ccccc1. The molecule has 3 aliphatic rings. The Kier molecular flexibility index (Phi) is 11.2. The molecule has 1 aromatic carbocycles. The molecule has 3 aliphatic heterocycles. The normalized spacial score (nSPS) is 16.0. The fourth-order valence-corrected chi connectivity index (χ4v) is 1.18. The standard InChI is InChI=1S/C6H6.3C3H5NO/c1-2-4-6-5-3-1;3*1-2-5-3-4-1/h1-6H;3*3H,1-2H2. The molecule has 6 nitrogen and oxygen atoms in total. The monoisotopic (exact) mass is 291 g/mol. The van der Waals surface area contributed by atoms with Crippen LogP contribution in [-0.2, 0) is 14.2 Å². The third kappa shape index (κ3) is 12.4. The van der Waals surface area contributed by atoms with Crippen LogP contribution in [0.5, 0.6) is 0 Å². The molecule has 0 unspecified atom stereocenters. The van der Waals surface area contributed by atoms with Gasteiger partial charge < -0.3 is 14.2 Å². The van der Waals surface area contributed by atoms with Gasteiger partial charge in [0.05, 0.1) is 19.6 Å². The van der Waals surface area contributed by atoms with E-state index in [4.69, 9.17) is 0 Å². The summed E-state index contributed by atoms with van der Waals surface area (Å²) in [6.07, 6.45) is 4.46. The third-order valence-electron chi connectivity index (χ3n) is 2.13. The zero-order chi connectivity index (χ0) is 14.8. The molecule has 0 fully saturated rings. The van der Waals surface area contributed by atoms with Crippen molar-refractivity contribution in [2.75, 3.05) is 39.5 Å². The summed E-state index contributed by atoms with van der Waals surface area (Å²) < 4.78 is 14.0. The fraction of sp³-hybridized carbons (Fsp3) is 0.400. The number of benzene rings is 1. The summed E-state index contributed by atoms with van der Waals surface area (Å²) in [6, 6.07) is 12.0. The Morgan fingerprint density at radius 3 is 0.857 bits per heavy atom. The Labute approximate surface area is 125 Å². The maximum Gasteiger partial charge on any atom is 0.169 e. The molecule has 0 atom stereocenters. The minimum atomic E-state index is 0.778. The van der Waals surface area contributed by atoms with Crippen LogP contribution in [0.25, 0.3) is 0 Å². The van der Waals surface area contributed by atoms with E-state index in [-0.39, 0.29) is 0 Å². The van der Waals surface area contributed by atoms with Crippen LogP contribution in [0.4, 0.5) is 0 Å². The summed E-state index contributed by atoms with van der Waals surface area (Å²) in [5.74, 6) is 0. The molecule has 0 aromatic heterocycles. The van der Waals surface area contributed by atoms with Gasteiger partial charge in [0.25, 0.3) is 0 Å². The number of hydrogen-bond donors (Lipinski definition) is 0. The van der Waals surface area contributed by atoms with Gasteiger partial charge in [0, 0.05) is 0 Å². The molecular weight excluding hydrogens is 270 g/mol. The summed E-state index contributed by atoms with van der Waals surface area (Å²) >= 11 is 0.